The van der Waals surface area contributed by atoms with E-state index in [0.29, 0.717) is 0 Å². The average Bonchev–Trinajstić information content (AvgIpc) is 3.26. The Balaban J connectivity index is 1.12. The molecule has 0 radical (unpaired) electrons. The lowest BCUT2D eigenvalue weighted by Crippen LogP contribution is -1.97. The first kappa shape index (κ1) is 31.4. The van der Waals surface area contributed by atoms with Crippen molar-refractivity contribution in [3.05, 3.63) is 194 Å². The van der Waals surface area contributed by atoms with E-state index >= 15 is 0 Å². The van der Waals surface area contributed by atoms with E-state index in [1.54, 1.807) is 0 Å². The number of rotatable bonds is 6. The molecule has 0 saturated carbocycles. The van der Waals surface area contributed by atoms with Gasteiger partial charge in [-0.15, -0.1) is 0 Å². The molecule has 3 aromatic heterocycles. The Hall–Kier alpha value is -7.30. The van der Waals surface area contributed by atoms with Crippen LogP contribution in [-0.2, 0) is 0 Å². The standard InChI is InChI=1S/C50H32N4/c1-2-22-48-47(21-1)53-49(43-17-9-13-39-37(11-7-15-41(39)43)33-23-27-35(28-24-33)45-19-3-5-31-51-45)50(54-48)44-18-10-14-40-38(12-8-16-42(40)44)34-25-29-36(30-26-34)46-20-4-6-32-52-46/h1-32H. The highest BCUT2D eigenvalue weighted by Crippen LogP contribution is 2.41. The summed E-state index contributed by atoms with van der Waals surface area (Å²) in [6.45, 7) is 0. The molecule has 0 bridgehead atoms. The molecule has 4 heteroatoms. The number of pyridine rings is 2. The summed E-state index contributed by atoms with van der Waals surface area (Å²) in [7, 11) is 0. The molecule has 0 aliphatic rings. The van der Waals surface area contributed by atoms with E-state index < -0.39 is 0 Å². The number of hydrogen-bond donors (Lipinski definition) is 0. The maximum atomic E-state index is 5.37. The molecular formula is C50H32N4. The number of nitrogens with zero attached hydrogens (tertiary/aromatic N) is 4. The van der Waals surface area contributed by atoms with Gasteiger partial charge in [-0.3, -0.25) is 9.97 Å². The predicted octanol–water partition coefficient (Wildman–Crippen LogP) is 12.7. The smallest absolute Gasteiger partial charge is 0.0979 e. The van der Waals surface area contributed by atoms with Crippen molar-refractivity contribution in [2.24, 2.45) is 0 Å². The largest absolute Gasteiger partial charge is 0.256 e. The molecule has 0 spiro atoms. The van der Waals surface area contributed by atoms with Crippen molar-refractivity contribution in [3.8, 4) is 67.3 Å². The third-order valence-corrected chi connectivity index (χ3v) is 10.2. The quantitative estimate of drug-likeness (QED) is 0.174. The minimum Gasteiger partial charge on any atom is -0.256 e. The third kappa shape index (κ3) is 5.58. The molecular weight excluding hydrogens is 657 g/mol. The maximum Gasteiger partial charge on any atom is 0.0979 e. The van der Waals surface area contributed by atoms with Gasteiger partial charge in [-0.25, -0.2) is 9.97 Å². The van der Waals surface area contributed by atoms with E-state index in [4.69, 9.17) is 9.97 Å². The Morgan fingerprint density at radius 3 is 1.00 bits per heavy atom. The Morgan fingerprint density at radius 2 is 0.611 bits per heavy atom. The molecule has 252 valence electrons. The van der Waals surface area contributed by atoms with Crippen LogP contribution in [0.3, 0.4) is 0 Å². The van der Waals surface area contributed by atoms with Crippen LogP contribution in [0.25, 0.3) is 99.9 Å². The van der Waals surface area contributed by atoms with Gasteiger partial charge in [0.25, 0.3) is 0 Å². The third-order valence-electron chi connectivity index (χ3n) is 10.2. The molecule has 0 fully saturated rings. The monoisotopic (exact) mass is 688 g/mol. The van der Waals surface area contributed by atoms with Crippen LogP contribution in [0.15, 0.2) is 194 Å². The molecule has 4 nitrogen and oxygen atoms in total. The van der Waals surface area contributed by atoms with Gasteiger partial charge in [-0.05, 0) is 80.2 Å². The van der Waals surface area contributed by atoms with Crippen LogP contribution in [0, 0.1) is 0 Å². The number of fused-ring (bicyclic) bond motifs is 3. The van der Waals surface area contributed by atoms with Crippen LogP contribution >= 0.6 is 0 Å². The summed E-state index contributed by atoms with van der Waals surface area (Å²) in [5, 5.41) is 4.58. The molecule has 10 aromatic rings. The van der Waals surface area contributed by atoms with Crippen molar-refractivity contribution in [3.63, 3.8) is 0 Å². The van der Waals surface area contributed by atoms with Crippen molar-refractivity contribution >= 4 is 32.6 Å². The van der Waals surface area contributed by atoms with Crippen LogP contribution in [0.2, 0.25) is 0 Å². The highest BCUT2D eigenvalue weighted by atomic mass is 14.8. The van der Waals surface area contributed by atoms with Crippen LogP contribution in [-0.4, -0.2) is 19.9 Å². The van der Waals surface area contributed by atoms with Crippen LogP contribution in [0.5, 0.6) is 0 Å². The summed E-state index contributed by atoms with van der Waals surface area (Å²) in [4.78, 5) is 19.8. The molecule has 3 heterocycles. The summed E-state index contributed by atoms with van der Waals surface area (Å²) in [5.74, 6) is 0. The highest BCUT2D eigenvalue weighted by Gasteiger charge is 2.19. The van der Waals surface area contributed by atoms with E-state index in [9.17, 15) is 0 Å². The van der Waals surface area contributed by atoms with Gasteiger partial charge < -0.3 is 0 Å². The number of para-hydroxylation sites is 2. The van der Waals surface area contributed by atoms with Gasteiger partial charge in [0, 0.05) is 34.6 Å². The average molecular weight is 689 g/mol. The second-order valence-corrected chi connectivity index (χ2v) is 13.4. The van der Waals surface area contributed by atoms with Crippen LogP contribution in [0.4, 0.5) is 0 Å². The fourth-order valence-corrected chi connectivity index (χ4v) is 7.62. The first-order valence-corrected chi connectivity index (χ1v) is 18.1. The zero-order chi connectivity index (χ0) is 35.8. The van der Waals surface area contributed by atoms with E-state index in [0.717, 1.165) is 88.7 Å². The van der Waals surface area contributed by atoms with E-state index in [1.165, 1.54) is 11.1 Å². The van der Waals surface area contributed by atoms with E-state index in [1.807, 2.05) is 73.1 Å². The van der Waals surface area contributed by atoms with Crippen molar-refractivity contribution in [1.29, 1.82) is 0 Å². The lowest BCUT2D eigenvalue weighted by atomic mass is 9.90. The second-order valence-electron chi connectivity index (χ2n) is 13.4. The molecule has 0 aliphatic carbocycles. The van der Waals surface area contributed by atoms with Gasteiger partial charge in [0.15, 0.2) is 0 Å². The van der Waals surface area contributed by atoms with Gasteiger partial charge >= 0.3 is 0 Å². The van der Waals surface area contributed by atoms with Gasteiger partial charge in [0.2, 0.25) is 0 Å². The molecule has 0 unspecified atom stereocenters. The molecule has 54 heavy (non-hydrogen) atoms. The number of aromatic nitrogens is 4. The highest BCUT2D eigenvalue weighted by molar-refractivity contribution is 6.09. The lowest BCUT2D eigenvalue weighted by Gasteiger charge is -2.16. The van der Waals surface area contributed by atoms with E-state index in [-0.39, 0.29) is 0 Å². The summed E-state index contributed by atoms with van der Waals surface area (Å²) >= 11 is 0. The van der Waals surface area contributed by atoms with Crippen LogP contribution < -0.4 is 0 Å². The summed E-state index contributed by atoms with van der Waals surface area (Å²) in [6, 6.07) is 63.6. The fourth-order valence-electron chi connectivity index (χ4n) is 7.62. The second kappa shape index (κ2) is 13.4. The number of hydrogen-bond acceptors (Lipinski definition) is 4. The maximum absolute atomic E-state index is 5.37. The van der Waals surface area contributed by atoms with Gasteiger partial charge in [0.05, 0.1) is 33.8 Å². The van der Waals surface area contributed by atoms with Crippen molar-refractivity contribution in [1.82, 2.24) is 19.9 Å². The molecule has 10 rings (SSSR count). The predicted molar refractivity (Wildman–Crippen MR) is 223 cm³/mol. The minimum atomic E-state index is 0.861. The summed E-state index contributed by atoms with van der Waals surface area (Å²) < 4.78 is 0. The minimum absolute atomic E-state index is 0.861. The number of benzene rings is 7. The van der Waals surface area contributed by atoms with Crippen LogP contribution in [0.1, 0.15) is 0 Å². The molecule has 0 saturated heterocycles. The van der Waals surface area contributed by atoms with Crippen molar-refractivity contribution < 1.29 is 0 Å². The molecule has 0 N–H and O–H groups in total. The molecule has 7 aromatic carbocycles. The molecule has 0 aliphatic heterocycles. The summed E-state index contributed by atoms with van der Waals surface area (Å²) in [6.07, 6.45) is 3.67. The first-order chi connectivity index (χ1) is 26.8. The van der Waals surface area contributed by atoms with E-state index in [2.05, 4.69) is 131 Å². The Bertz CT molecular complexity index is 2750. The molecule has 0 amide bonds. The molecule has 0 atom stereocenters. The summed E-state index contributed by atoms with van der Waals surface area (Å²) in [5.41, 5.74) is 14.3. The van der Waals surface area contributed by atoms with Gasteiger partial charge in [-0.1, -0.05) is 146 Å². The van der Waals surface area contributed by atoms with Gasteiger partial charge in [-0.2, -0.15) is 0 Å². The zero-order valence-electron chi connectivity index (χ0n) is 29.3. The Kier molecular flexibility index (Phi) is 7.77. The van der Waals surface area contributed by atoms with Crippen molar-refractivity contribution in [2.45, 2.75) is 0 Å². The zero-order valence-corrected chi connectivity index (χ0v) is 29.3. The first-order valence-electron chi connectivity index (χ1n) is 18.1. The lowest BCUT2D eigenvalue weighted by molar-refractivity contribution is 1.30. The Labute approximate surface area is 313 Å². The SMILES string of the molecule is c1ccc(-c2ccc(-c3cccc4c(-c5nc6ccccc6nc5-c5cccc6c(-c7ccc(-c8ccccn8)cc7)cccc56)cccc34)cc2)nc1. The fraction of sp³-hybridized carbons (Fsp3) is 0. The van der Waals surface area contributed by atoms with Gasteiger partial charge in [0.1, 0.15) is 0 Å². The van der Waals surface area contributed by atoms with Crippen molar-refractivity contribution in [2.75, 3.05) is 0 Å². The normalized spacial score (nSPS) is 11.3. The topological polar surface area (TPSA) is 51.6 Å². The Morgan fingerprint density at radius 1 is 0.259 bits per heavy atom.